The molecule has 0 amide bonds. The second-order valence-corrected chi connectivity index (χ2v) is 4.64. The van der Waals surface area contributed by atoms with Gasteiger partial charge in [-0.15, -0.1) is 0 Å². The SMILES string of the molecule is F[B-](F)(F)c1cc(-c2ccccc2)n(-c2ccccc2)n1. The third kappa shape index (κ3) is 2.70. The maximum absolute atomic E-state index is 13.0. The van der Waals surface area contributed by atoms with Crippen LogP contribution >= 0.6 is 0 Å². The molecule has 0 fully saturated rings. The molecule has 0 atom stereocenters. The van der Waals surface area contributed by atoms with E-state index in [0.717, 1.165) is 6.07 Å². The zero-order valence-corrected chi connectivity index (χ0v) is 11.0. The number of aromatic nitrogens is 2. The van der Waals surface area contributed by atoms with Crippen molar-refractivity contribution < 1.29 is 12.9 Å². The average molecular weight is 287 g/mol. The van der Waals surface area contributed by atoms with E-state index in [9.17, 15) is 12.9 Å². The summed E-state index contributed by atoms with van der Waals surface area (Å²) in [4.78, 5) is 0. The van der Waals surface area contributed by atoms with Gasteiger partial charge in [-0.2, -0.15) is 0 Å². The third-order valence-electron chi connectivity index (χ3n) is 3.13. The lowest BCUT2D eigenvalue weighted by Crippen LogP contribution is -2.35. The van der Waals surface area contributed by atoms with Crippen LogP contribution in [0.25, 0.3) is 16.9 Å². The van der Waals surface area contributed by atoms with E-state index in [2.05, 4.69) is 5.10 Å². The largest absolute Gasteiger partial charge is 0.529 e. The highest BCUT2D eigenvalue weighted by Crippen LogP contribution is 2.23. The Morgan fingerprint density at radius 2 is 1.38 bits per heavy atom. The molecule has 6 heteroatoms. The van der Waals surface area contributed by atoms with Crippen molar-refractivity contribution in [3.8, 4) is 16.9 Å². The monoisotopic (exact) mass is 287 g/mol. The Morgan fingerprint density at radius 1 is 0.810 bits per heavy atom. The summed E-state index contributed by atoms with van der Waals surface area (Å²) in [7, 11) is 0. The quantitative estimate of drug-likeness (QED) is 0.673. The van der Waals surface area contributed by atoms with Gasteiger partial charge in [0.05, 0.1) is 11.4 Å². The molecule has 0 aliphatic heterocycles. The standard InChI is InChI=1S/C15H11BF3N2/c17-16(18,19)15-11-14(12-7-3-1-4-8-12)21(20-15)13-9-5-2-6-10-13/h1-11H/q-1. The molecule has 106 valence electrons. The zero-order valence-electron chi connectivity index (χ0n) is 11.0. The molecule has 21 heavy (non-hydrogen) atoms. The third-order valence-corrected chi connectivity index (χ3v) is 3.13. The van der Waals surface area contributed by atoms with E-state index in [4.69, 9.17) is 0 Å². The van der Waals surface area contributed by atoms with E-state index in [-0.39, 0.29) is 0 Å². The first-order chi connectivity index (χ1) is 10.1. The van der Waals surface area contributed by atoms with Gasteiger partial charge in [0, 0.05) is 11.2 Å². The molecule has 0 spiro atoms. The summed E-state index contributed by atoms with van der Waals surface area (Å²) in [5, 5.41) is 3.75. The smallest absolute Gasteiger partial charge is 0.444 e. The molecule has 0 saturated heterocycles. The van der Waals surface area contributed by atoms with Crippen molar-refractivity contribution in [2.45, 2.75) is 0 Å². The van der Waals surface area contributed by atoms with Crippen molar-refractivity contribution in [3.63, 3.8) is 0 Å². The van der Waals surface area contributed by atoms with Crippen molar-refractivity contribution >= 4 is 12.6 Å². The first kappa shape index (κ1) is 13.5. The van der Waals surface area contributed by atoms with Crippen LogP contribution in [0.3, 0.4) is 0 Å². The van der Waals surface area contributed by atoms with E-state index in [0.29, 0.717) is 16.9 Å². The van der Waals surface area contributed by atoms with Crippen LogP contribution in [0, 0.1) is 0 Å². The first-order valence-electron chi connectivity index (χ1n) is 6.46. The van der Waals surface area contributed by atoms with Crippen LogP contribution in [-0.2, 0) is 0 Å². The van der Waals surface area contributed by atoms with Gasteiger partial charge in [-0.3, -0.25) is 0 Å². The van der Waals surface area contributed by atoms with Crippen LogP contribution in [0.5, 0.6) is 0 Å². The molecule has 0 radical (unpaired) electrons. The fraction of sp³-hybridized carbons (Fsp3) is 0. The fourth-order valence-corrected chi connectivity index (χ4v) is 2.14. The molecular weight excluding hydrogens is 276 g/mol. The number of para-hydroxylation sites is 1. The predicted molar refractivity (Wildman–Crippen MR) is 77.7 cm³/mol. The van der Waals surface area contributed by atoms with Gasteiger partial charge in [0.25, 0.3) is 0 Å². The Balaban J connectivity index is 2.20. The molecule has 3 aromatic rings. The molecule has 2 nitrogen and oxygen atoms in total. The van der Waals surface area contributed by atoms with Gasteiger partial charge in [-0.25, -0.2) is 9.78 Å². The molecule has 1 aromatic heterocycles. The van der Waals surface area contributed by atoms with Crippen LogP contribution in [0.1, 0.15) is 0 Å². The van der Waals surface area contributed by atoms with Crippen molar-refractivity contribution in [2.75, 3.05) is 0 Å². The second kappa shape index (κ2) is 5.12. The molecule has 1 heterocycles. The van der Waals surface area contributed by atoms with Crippen molar-refractivity contribution in [2.24, 2.45) is 0 Å². The highest BCUT2D eigenvalue weighted by Gasteiger charge is 2.30. The van der Waals surface area contributed by atoms with Crippen molar-refractivity contribution in [3.05, 3.63) is 66.7 Å². The Hall–Kier alpha value is -2.50. The van der Waals surface area contributed by atoms with Crippen LogP contribution in [0.15, 0.2) is 66.7 Å². The summed E-state index contributed by atoms with van der Waals surface area (Å²) in [6, 6.07) is 18.8. The minimum atomic E-state index is -5.13. The van der Waals surface area contributed by atoms with Crippen LogP contribution < -0.4 is 5.59 Å². The molecule has 0 saturated carbocycles. The number of nitrogens with zero attached hydrogens (tertiary/aromatic N) is 2. The fourth-order valence-electron chi connectivity index (χ4n) is 2.14. The topological polar surface area (TPSA) is 17.8 Å². The number of hydrogen-bond acceptors (Lipinski definition) is 1. The molecule has 0 aliphatic rings. The van der Waals surface area contributed by atoms with Crippen molar-refractivity contribution in [1.82, 2.24) is 9.78 Å². The van der Waals surface area contributed by atoms with E-state index >= 15 is 0 Å². The highest BCUT2D eigenvalue weighted by molar-refractivity contribution is 6.72. The van der Waals surface area contributed by atoms with E-state index in [1.54, 1.807) is 48.5 Å². The van der Waals surface area contributed by atoms with Gasteiger partial charge < -0.3 is 12.9 Å². The van der Waals surface area contributed by atoms with E-state index in [1.807, 2.05) is 12.1 Å². The summed E-state index contributed by atoms with van der Waals surface area (Å²) >= 11 is 0. The summed E-state index contributed by atoms with van der Waals surface area (Å²) in [6.07, 6.45) is 0. The average Bonchev–Trinajstić information content (AvgIpc) is 2.94. The summed E-state index contributed by atoms with van der Waals surface area (Å²) in [5.41, 5.74) is 0.886. The number of hydrogen-bond donors (Lipinski definition) is 0. The van der Waals surface area contributed by atoms with Crippen molar-refractivity contribution in [1.29, 1.82) is 0 Å². The molecular formula is C15H11BF3N2-. The lowest BCUT2D eigenvalue weighted by molar-refractivity contribution is 0.497. The van der Waals surface area contributed by atoms with Gasteiger partial charge in [0.1, 0.15) is 0 Å². The summed E-state index contributed by atoms with van der Waals surface area (Å²) in [6.45, 7) is -5.13. The maximum atomic E-state index is 13.0. The van der Waals surface area contributed by atoms with Crippen LogP contribution in [-0.4, -0.2) is 16.8 Å². The minimum Gasteiger partial charge on any atom is -0.444 e. The molecule has 0 N–H and O–H groups in total. The minimum absolute atomic E-state index is 0.427. The highest BCUT2D eigenvalue weighted by atomic mass is 19.4. The number of rotatable bonds is 3. The first-order valence-corrected chi connectivity index (χ1v) is 6.46. The maximum Gasteiger partial charge on any atom is 0.529 e. The molecule has 3 rings (SSSR count). The van der Waals surface area contributed by atoms with Gasteiger partial charge in [0.2, 0.25) is 0 Å². The van der Waals surface area contributed by atoms with Gasteiger partial charge >= 0.3 is 6.98 Å². The Labute approximate surface area is 119 Å². The number of benzene rings is 2. The lowest BCUT2D eigenvalue weighted by atomic mass is 9.86. The van der Waals surface area contributed by atoms with Crippen LogP contribution in [0.2, 0.25) is 0 Å². The lowest BCUT2D eigenvalue weighted by Gasteiger charge is -2.10. The van der Waals surface area contributed by atoms with Gasteiger partial charge in [-0.05, 0) is 18.2 Å². The predicted octanol–water partition coefficient (Wildman–Crippen LogP) is 3.59. The molecule has 0 unspecified atom stereocenters. The van der Waals surface area contributed by atoms with E-state index in [1.165, 1.54) is 4.68 Å². The summed E-state index contributed by atoms with van der Waals surface area (Å²) < 4.78 is 40.3. The normalized spacial score (nSPS) is 11.6. The Kier molecular flexibility index (Phi) is 3.29. The Morgan fingerprint density at radius 3 is 1.95 bits per heavy atom. The molecule has 2 aromatic carbocycles. The number of halogens is 3. The van der Waals surface area contributed by atoms with Gasteiger partial charge in [-0.1, -0.05) is 48.5 Å². The Bertz CT molecular complexity index is 680. The van der Waals surface area contributed by atoms with Gasteiger partial charge in [0.15, 0.2) is 0 Å². The second-order valence-electron chi connectivity index (χ2n) is 4.64. The van der Waals surface area contributed by atoms with Crippen LogP contribution in [0.4, 0.5) is 12.9 Å². The summed E-state index contributed by atoms with van der Waals surface area (Å²) in [5.74, 6) is 0. The molecule has 0 aliphatic carbocycles. The molecule has 0 bridgehead atoms. The van der Waals surface area contributed by atoms with E-state index < -0.39 is 12.6 Å². The zero-order chi connectivity index (χ0) is 14.9.